The lowest BCUT2D eigenvalue weighted by Crippen LogP contribution is -2.01. The Morgan fingerprint density at radius 3 is 2.87 bits per heavy atom. The second kappa shape index (κ2) is 4.02. The minimum atomic E-state index is 0.235. The van der Waals surface area contributed by atoms with Crippen molar-refractivity contribution in [2.45, 2.75) is 26.7 Å². The Balaban J connectivity index is 2.15. The summed E-state index contributed by atoms with van der Waals surface area (Å²) in [4.78, 5) is 17.4. The molecule has 2 atom stereocenters. The lowest BCUT2D eigenvalue weighted by atomic mass is 10.2. The second-order valence-corrected chi connectivity index (χ2v) is 5.33. The highest BCUT2D eigenvalue weighted by molar-refractivity contribution is 7.13. The third-order valence-corrected chi connectivity index (χ3v) is 4.15. The molecular weight excluding hydrogens is 208 g/mol. The van der Waals surface area contributed by atoms with Gasteiger partial charge in [0.25, 0.3) is 0 Å². The monoisotopic (exact) mass is 224 g/mol. The van der Waals surface area contributed by atoms with Gasteiger partial charge in [0.05, 0.1) is 5.69 Å². The minimum Gasteiger partial charge on any atom is -0.330 e. The van der Waals surface area contributed by atoms with E-state index in [4.69, 9.17) is 5.73 Å². The normalized spacial score (nSPS) is 24.2. The first-order chi connectivity index (χ1) is 7.13. The van der Waals surface area contributed by atoms with Gasteiger partial charge < -0.3 is 5.73 Å². The molecule has 0 aliphatic heterocycles. The molecule has 0 bridgehead atoms. The van der Waals surface area contributed by atoms with Crippen LogP contribution < -0.4 is 5.73 Å². The molecule has 1 heterocycles. The maximum Gasteiger partial charge on any atom is 0.194 e. The van der Waals surface area contributed by atoms with Crippen LogP contribution in [-0.2, 0) is 6.42 Å². The molecule has 1 fully saturated rings. The molecule has 2 unspecified atom stereocenters. The van der Waals surface area contributed by atoms with Crippen molar-refractivity contribution in [2.75, 3.05) is 6.54 Å². The molecule has 1 saturated carbocycles. The molecule has 3 nitrogen and oxygen atoms in total. The summed E-state index contributed by atoms with van der Waals surface area (Å²) in [6.45, 7) is 4.69. The summed E-state index contributed by atoms with van der Waals surface area (Å²) in [5.41, 5.74) is 6.48. The summed E-state index contributed by atoms with van der Waals surface area (Å²) < 4.78 is 0. The molecule has 15 heavy (non-hydrogen) atoms. The Hall–Kier alpha value is -0.740. The van der Waals surface area contributed by atoms with Crippen molar-refractivity contribution in [3.8, 4) is 0 Å². The average Bonchev–Trinajstić information content (AvgIpc) is 2.81. The van der Waals surface area contributed by atoms with Gasteiger partial charge in [0, 0.05) is 10.8 Å². The van der Waals surface area contributed by atoms with E-state index < -0.39 is 0 Å². The van der Waals surface area contributed by atoms with E-state index in [-0.39, 0.29) is 11.7 Å². The van der Waals surface area contributed by atoms with Gasteiger partial charge in [-0.25, -0.2) is 4.98 Å². The van der Waals surface area contributed by atoms with Crippen molar-refractivity contribution in [2.24, 2.45) is 17.6 Å². The number of nitrogens with zero attached hydrogens (tertiary/aromatic N) is 1. The van der Waals surface area contributed by atoms with Gasteiger partial charge in [-0.1, -0.05) is 6.92 Å². The van der Waals surface area contributed by atoms with Gasteiger partial charge in [-0.3, -0.25) is 4.79 Å². The molecule has 1 aromatic heterocycles. The quantitative estimate of drug-likeness (QED) is 0.793. The third kappa shape index (κ3) is 2.11. The van der Waals surface area contributed by atoms with E-state index >= 15 is 0 Å². The number of rotatable bonds is 4. The van der Waals surface area contributed by atoms with Gasteiger partial charge in [-0.15, -0.1) is 11.3 Å². The van der Waals surface area contributed by atoms with Crippen LogP contribution in [0, 0.1) is 18.8 Å². The topological polar surface area (TPSA) is 56.0 Å². The van der Waals surface area contributed by atoms with E-state index in [0.29, 0.717) is 17.5 Å². The molecule has 0 saturated heterocycles. The van der Waals surface area contributed by atoms with Crippen molar-refractivity contribution in [1.82, 2.24) is 4.98 Å². The van der Waals surface area contributed by atoms with Crippen LogP contribution in [0.2, 0.25) is 0 Å². The highest BCUT2D eigenvalue weighted by Gasteiger charge is 2.40. The largest absolute Gasteiger partial charge is 0.330 e. The van der Waals surface area contributed by atoms with Crippen molar-refractivity contribution >= 4 is 17.1 Å². The zero-order chi connectivity index (χ0) is 11.0. The first-order valence-corrected chi connectivity index (χ1v) is 6.15. The molecule has 0 amide bonds. The van der Waals surface area contributed by atoms with Crippen molar-refractivity contribution in [3.63, 3.8) is 0 Å². The van der Waals surface area contributed by atoms with E-state index in [9.17, 15) is 4.79 Å². The second-order valence-electron chi connectivity index (χ2n) is 4.25. The van der Waals surface area contributed by atoms with Crippen LogP contribution in [0.4, 0.5) is 0 Å². The van der Waals surface area contributed by atoms with Crippen LogP contribution >= 0.6 is 11.3 Å². The number of carbonyl (C=O) groups excluding carboxylic acids is 1. The zero-order valence-corrected chi connectivity index (χ0v) is 9.93. The van der Waals surface area contributed by atoms with E-state index in [1.54, 1.807) is 0 Å². The maximum absolute atomic E-state index is 11.9. The first kappa shape index (κ1) is 10.8. The highest BCUT2D eigenvalue weighted by atomic mass is 32.1. The van der Waals surface area contributed by atoms with Crippen molar-refractivity contribution < 1.29 is 4.79 Å². The van der Waals surface area contributed by atoms with Gasteiger partial charge in [-0.2, -0.15) is 0 Å². The number of hydrogen-bond acceptors (Lipinski definition) is 4. The van der Waals surface area contributed by atoms with Crippen LogP contribution in [0.3, 0.4) is 0 Å². The summed E-state index contributed by atoms with van der Waals surface area (Å²) >= 11 is 1.52. The molecule has 0 radical (unpaired) electrons. The van der Waals surface area contributed by atoms with E-state index in [2.05, 4.69) is 11.9 Å². The molecule has 0 aromatic carbocycles. The lowest BCUT2D eigenvalue weighted by Gasteiger charge is -1.91. The average molecular weight is 224 g/mol. The van der Waals surface area contributed by atoms with Crippen LogP contribution in [0.1, 0.15) is 33.7 Å². The first-order valence-electron chi connectivity index (χ1n) is 5.34. The summed E-state index contributed by atoms with van der Waals surface area (Å²) in [6.07, 6.45) is 1.86. The maximum atomic E-state index is 11.9. The van der Waals surface area contributed by atoms with Crippen LogP contribution in [0.15, 0.2) is 0 Å². The number of aryl methyl sites for hydroxylation is 1. The molecule has 82 valence electrons. The van der Waals surface area contributed by atoms with Gasteiger partial charge in [0.1, 0.15) is 0 Å². The molecule has 0 spiro atoms. The number of Topliss-reactive ketones (excluding diaryl/α,β-unsaturated/α-hetero) is 1. The Morgan fingerprint density at radius 1 is 1.67 bits per heavy atom. The fourth-order valence-electron chi connectivity index (χ4n) is 1.74. The molecule has 1 aromatic rings. The number of ketones is 1. The Kier molecular flexibility index (Phi) is 2.89. The Labute approximate surface area is 93.7 Å². The van der Waals surface area contributed by atoms with Crippen LogP contribution in [0.25, 0.3) is 0 Å². The predicted molar refractivity (Wildman–Crippen MR) is 61.2 cm³/mol. The van der Waals surface area contributed by atoms with Crippen LogP contribution in [-0.4, -0.2) is 17.3 Å². The number of hydrogen-bond donors (Lipinski definition) is 1. The molecule has 2 rings (SSSR count). The Morgan fingerprint density at radius 2 is 2.33 bits per heavy atom. The molecule has 1 aliphatic carbocycles. The minimum absolute atomic E-state index is 0.235. The van der Waals surface area contributed by atoms with Gasteiger partial charge >= 0.3 is 0 Å². The van der Waals surface area contributed by atoms with E-state index in [1.807, 2.05) is 6.92 Å². The van der Waals surface area contributed by atoms with Gasteiger partial charge in [0.15, 0.2) is 10.8 Å². The van der Waals surface area contributed by atoms with E-state index in [0.717, 1.165) is 23.4 Å². The molecule has 1 aliphatic rings. The fraction of sp³-hybridized carbons (Fsp3) is 0.636. The summed E-state index contributed by atoms with van der Waals surface area (Å²) in [7, 11) is 0. The molecule has 2 N–H and O–H groups in total. The number of nitrogens with two attached hydrogens (primary N) is 1. The van der Waals surface area contributed by atoms with Gasteiger partial charge in [0.2, 0.25) is 0 Å². The lowest BCUT2D eigenvalue weighted by molar-refractivity contribution is 0.0962. The fourth-order valence-corrected chi connectivity index (χ4v) is 2.82. The standard InChI is InChI=1S/C11H16N2OS/c1-6-5-8(6)10(14)11-13-7(2)9(15-11)3-4-12/h6,8H,3-5,12H2,1-2H3. The summed E-state index contributed by atoms with van der Waals surface area (Å²) in [5.74, 6) is 1.03. The summed E-state index contributed by atoms with van der Waals surface area (Å²) in [5, 5.41) is 0.685. The van der Waals surface area contributed by atoms with Crippen LogP contribution in [0.5, 0.6) is 0 Å². The number of carbonyl (C=O) groups is 1. The van der Waals surface area contributed by atoms with E-state index in [1.165, 1.54) is 11.3 Å². The Bertz CT molecular complexity index is 386. The smallest absolute Gasteiger partial charge is 0.194 e. The number of aromatic nitrogens is 1. The molecule has 4 heteroatoms. The van der Waals surface area contributed by atoms with Gasteiger partial charge in [-0.05, 0) is 32.2 Å². The number of thiazole rings is 1. The molecular formula is C11H16N2OS. The third-order valence-electron chi connectivity index (χ3n) is 2.92. The summed E-state index contributed by atoms with van der Waals surface area (Å²) in [6, 6.07) is 0. The highest BCUT2D eigenvalue weighted by Crippen LogP contribution is 2.41. The SMILES string of the molecule is Cc1nc(C(=O)C2CC2C)sc1CCN. The van der Waals surface area contributed by atoms with Crippen molar-refractivity contribution in [1.29, 1.82) is 0 Å². The zero-order valence-electron chi connectivity index (χ0n) is 9.12. The van der Waals surface area contributed by atoms with Crippen molar-refractivity contribution in [3.05, 3.63) is 15.6 Å². The predicted octanol–water partition coefficient (Wildman–Crippen LogP) is 1.79.